The number of anilines is 1. The molecule has 2 rings (SSSR count). The Balaban J connectivity index is 1.94. The van der Waals surface area contributed by atoms with E-state index in [2.05, 4.69) is 10.6 Å². The largest absolute Gasteiger partial charge is 0.479 e. The highest BCUT2D eigenvalue weighted by atomic mass is 35.5. The molecule has 0 fully saturated rings. The minimum atomic E-state index is -0.834. The Labute approximate surface area is 170 Å². The summed E-state index contributed by atoms with van der Waals surface area (Å²) in [4.78, 5) is 12.2. The van der Waals surface area contributed by atoms with Crippen molar-refractivity contribution in [2.75, 3.05) is 5.32 Å². The number of halogens is 4. The first-order valence-electron chi connectivity index (χ1n) is 6.95. The Morgan fingerprint density at radius 2 is 1.64 bits per heavy atom. The van der Waals surface area contributed by atoms with Crippen molar-refractivity contribution in [1.82, 2.24) is 5.32 Å². The van der Waals surface area contributed by atoms with Crippen molar-refractivity contribution < 1.29 is 9.53 Å². The van der Waals surface area contributed by atoms with E-state index in [4.69, 9.17) is 63.4 Å². The summed E-state index contributed by atoms with van der Waals surface area (Å²) in [5.74, 6) is -0.109. The van der Waals surface area contributed by atoms with Gasteiger partial charge < -0.3 is 10.1 Å². The highest BCUT2D eigenvalue weighted by Gasteiger charge is 2.18. The number of amides is 1. The smallest absolute Gasteiger partial charge is 0.266 e. The lowest BCUT2D eigenvalue weighted by atomic mass is 10.3. The van der Waals surface area contributed by atoms with E-state index in [1.165, 1.54) is 6.07 Å². The summed E-state index contributed by atoms with van der Waals surface area (Å²) in [7, 11) is 0. The third-order valence-corrected chi connectivity index (χ3v) is 4.27. The number of carbonyl (C=O) groups excluding carboxylic acids is 1. The molecule has 0 bridgehead atoms. The van der Waals surface area contributed by atoms with Crippen molar-refractivity contribution in [3.05, 3.63) is 56.5 Å². The lowest BCUT2D eigenvalue weighted by Gasteiger charge is -2.17. The lowest BCUT2D eigenvalue weighted by molar-refractivity contribution is -0.125. The second-order valence-electron chi connectivity index (χ2n) is 4.90. The van der Waals surface area contributed by atoms with Gasteiger partial charge >= 0.3 is 0 Å². The third kappa shape index (κ3) is 5.90. The molecular formula is C16H12Cl4N2O2S. The predicted molar refractivity (Wildman–Crippen MR) is 107 cm³/mol. The van der Waals surface area contributed by atoms with Crippen LogP contribution in [0.4, 0.5) is 5.69 Å². The molecule has 0 spiro atoms. The number of benzene rings is 2. The molecule has 0 aliphatic carbocycles. The first-order valence-corrected chi connectivity index (χ1v) is 8.87. The molecule has 2 aromatic carbocycles. The van der Waals surface area contributed by atoms with Gasteiger partial charge in [0, 0.05) is 10.0 Å². The van der Waals surface area contributed by atoms with Gasteiger partial charge in [0.1, 0.15) is 5.75 Å². The second-order valence-corrected chi connectivity index (χ2v) is 7.00. The van der Waals surface area contributed by atoms with Crippen LogP contribution in [0.2, 0.25) is 20.1 Å². The van der Waals surface area contributed by atoms with E-state index in [-0.39, 0.29) is 5.11 Å². The molecule has 2 aromatic rings. The molecule has 0 saturated heterocycles. The Bertz CT molecular complexity index is 817. The Kier molecular flexibility index (Phi) is 7.16. The number of ether oxygens (including phenoxy) is 1. The molecule has 1 amide bonds. The van der Waals surface area contributed by atoms with Crippen molar-refractivity contribution in [3.8, 4) is 5.75 Å². The van der Waals surface area contributed by atoms with Crippen molar-refractivity contribution in [2.24, 2.45) is 0 Å². The Hall–Kier alpha value is -1.24. The van der Waals surface area contributed by atoms with E-state index in [0.717, 1.165) is 0 Å². The Morgan fingerprint density at radius 3 is 2.24 bits per heavy atom. The average molecular weight is 438 g/mol. The zero-order chi connectivity index (χ0) is 18.6. The standard InChI is InChI=1S/C16H12Cl4N2O2S/c1-8(24-14-5-3-10(18)7-12(14)20)15(23)22-16(25)21-13-4-2-9(17)6-11(13)19/h2-8H,1H3,(H2,21,22,23,25). The highest BCUT2D eigenvalue weighted by Crippen LogP contribution is 2.28. The molecule has 1 unspecified atom stereocenters. The van der Waals surface area contributed by atoms with Gasteiger partial charge in [0.05, 0.1) is 15.7 Å². The summed E-state index contributed by atoms with van der Waals surface area (Å²) in [6.07, 6.45) is -0.834. The van der Waals surface area contributed by atoms with Crippen LogP contribution in [0.5, 0.6) is 5.75 Å². The fraction of sp³-hybridized carbons (Fsp3) is 0.125. The van der Waals surface area contributed by atoms with Crippen LogP contribution in [0.3, 0.4) is 0 Å². The average Bonchev–Trinajstić information content (AvgIpc) is 2.52. The summed E-state index contributed by atoms with van der Waals surface area (Å²) in [6, 6.07) is 9.58. The maximum Gasteiger partial charge on any atom is 0.266 e. The highest BCUT2D eigenvalue weighted by molar-refractivity contribution is 7.80. The van der Waals surface area contributed by atoms with Crippen LogP contribution in [-0.2, 0) is 4.79 Å². The van der Waals surface area contributed by atoms with Gasteiger partial charge in [-0.25, -0.2) is 0 Å². The molecule has 0 aromatic heterocycles. The molecule has 9 heteroatoms. The summed E-state index contributed by atoms with van der Waals surface area (Å²) in [5, 5.41) is 7.06. The van der Waals surface area contributed by atoms with E-state index < -0.39 is 12.0 Å². The zero-order valence-corrected chi connectivity index (χ0v) is 16.6. The molecule has 0 aliphatic rings. The summed E-state index contributed by atoms with van der Waals surface area (Å²) >= 11 is 28.8. The first kappa shape index (κ1) is 20.1. The number of rotatable bonds is 4. The SMILES string of the molecule is CC(Oc1ccc(Cl)cc1Cl)C(=O)NC(=S)Nc1ccc(Cl)cc1Cl. The van der Waals surface area contributed by atoms with Crippen LogP contribution in [0.15, 0.2) is 36.4 Å². The van der Waals surface area contributed by atoms with E-state index in [1.54, 1.807) is 37.3 Å². The number of thiocarbonyl (C=S) groups is 1. The number of nitrogens with one attached hydrogen (secondary N) is 2. The van der Waals surface area contributed by atoms with E-state index in [0.29, 0.717) is 31.5 Å². The number of hydrogen-bond acceptors (Lipinski definition) is 3. The van der Waals surface area contributed by atoms with Gasteiger partial charge in [0.2, 0.25) is 0 Å². The molecule has 25 heavy (non-hydrogen) atoms. The molecular weight excluding hydrogens is 426 g/mol. The van der Waals surface area contributed by atoms with Crippen LogP contribution >= 0.6 is 58.6 Å². The molecule has 0 saturated carbocycles. The monoisotopic (exact) mass is 436 g/mol. The van der Waals surface area contributed by atoms with Crippen LogP contribution in [0, 0.1) is 0 Å². The molecule has 0 radical (unpaired) electrons. The summed E-state index contributed by atoms with van der Waals surface area (Å²) in [5.41, 5.74) is 0.519. The minimum absolute atomic E-state index is 0.0758. The van der Waals surface area contributed by atoms with E-state index in [9.17, 15) is 4.79 Å². The van der Waals surface area contributed by atoms with Gasteiger partial charge in [-0.2, -0.15) is 0 Å². The van der Waals surface area contributed by atoms with Crippen LogP contribution in [-0.4, -0.2) is 17.1 Å². The molecule has 2 N–H and O–H groups in total. The summed E-state index contributed by atoms with van der Waals surface area (Å²) in [6.45, 7) is 1.57. The van der Waals surface area contributed by atoms with Crippen LogP contribution in [0.25, 0.3) is 0 Å². The second kappa shape index (κ2) is 8.92. The topological polar surface area (TPSA) is 50.4 Å². The van der Waals surface area contributed by atoms with Crippen LogP contribution in [0.1, 0.15) is 6.92 Å². The van der Waals surface area contributed by atoms with Gasteiger partial charge in [-0.15, -0.1) is 0 Å². The fourth-order valence-electron chi connectivity index (χ4n) is 1.77. The molecule has 0 aliphatic heterocycles. The number of carbonyl (C=O) groups is 1. The quantitative estimate of drug-likeness (QED) is 0.613. The van der Waals surface area contributed by atoms with Gasteiger partial charge in [-0.3, -0.25) is 10.1 Å². The van der Waals surface area contributed by atoms with Crippen molar-refractivity contribution in [1.29, 1.82) is 0 Å². The third-order valence-electron chi connectivity index (χ3n) is 2.98. The normalized spacial score (nSPS) is 11.6. The minimum Gasteiger partial charge on any atom is -0.479 e. The van der Waals surface area contributed by atoms with Gasteiger partial charge in [-0.05, 0) is 55.5 Å². The predicted octanol–water partition coefficient (Wildman–Crippen LogP) is 5.58. The first-order chi connectivity index (χ1) is 11.8. The lowest BCUT2D eigenvalue weighted by Crippen LogP contribution is -2.42. The van der Waals surface area contributed by atoms with Gasteiger partial charge in [-0.1, -0.05) is 46.4 Å². The summed E-state index contributed by atoms with van der Waals surface area (Å²) < 4.78 is 5.52. The van der Waals surface area contributed by atoms with Crippen molar-refractivity contribution >= 4 is 75.3 Å². The van der Waals surface area contributed by atoms with E-state index in [1.807, 2.05) is 0 Å². The zero-order valence-electron chi connectivity index (χ0n) is 12.8. The number of hydrogen-bond donors (Lipinski definition) is 2. The van der Waals surface area contributed by atoms with Gasteiger partial charge in [0.15, 0.2) is 11.2 Å². The van der Waals surface area contributed by atoms with Crippen molar-refractivity contribution in [3.63, 3.8) is 0 Å². The van der Waals surface area contributed by atoms with Crippen LogP contribution < -0.4 is 15.4 Å². The molecule has 0 heterocycles. The molecule has 4 nitrogen and oxygen atoms in total. The Morgan fingerprint density at radius 1 is 1.04 bits per heavy atom. The van der Waals surface area contributed by atoms with Gasteiger partial charge in [0.25, 0.3) is 5.91 Å². The molecule has 1 atom stereocenters. The maximum absolute atomic E-state index is 12.2. The van der Waals surface area contributed by atoms with Crippen molar-refractivity contribution in [2.45, 2.75) is 13.0 Å². The maximum atomic E-state index is 12.2. The van der Waals surface area contributed by atoms with E-state index >= 15 is 0 Å². The molecule has 132 valence electrons. The fourth-order valence-corrected chi connectivity index (χ4v) is 2.89.